The van der Waals surface area contributed by atoms with Crippen LogP contribution in [0.4, 0.5) is 0 Å². The molecule has 27 heavy (non-hydrogen) atoms. The summed E-state index contributed by atoms with van der Waals surface area (Å²) in [5, 5.41) is 2.71. The molecule has 0 aliphatic carbocycles. The molecule has 1 aliphatic rings. The van der Waals surface area contributed by atoms with Crippen molar-refractivity contribution in [2.45, 2.75) is 11.4 Å². The summed E-state index contributed by atoms with van der Waals surface area (Å²) >= 11 is 0. The molecule has 0 unspecified atom stereocenters. The molecule has 0 atom stereocenters. The Morgan fingerprint density at radius 2 is 1.96 bits per heavy atom. The summed E-state index contributed by atoms with van der Waals surface area (Å²) in [6, 6.07) is 7.89. The van der Waals surface area contributed by atoms with Crippen molar-refractivity contribution in [2.24, 2.45) is 0 Å². The number of benzene rings is 1. The van der Waals surface area contributed by atoms with Crippen LogP contribution in [0.15, 0.2) is 45.9 Å². The molecule has 1 N–H and O–H groups in total. The van der Waals surface area contributed by atoms with Gasteiger partial charge in [0.2, 0.25) is 10.0 Å². The van der Waals surface area contributed by atoms with Gasteiger partial charge in [0, 0.05) is 31.7 Å². The van der Waals surface area contributed by atoms with Gasteiger partial charge in [-0.05, 0) is 37.4 Å². The van der Waals surface area contributed by atoms with Crippen LogP contribution in [0.1, 0.15) is 16.1 Å². The van der Waals surface area contributed by atoms with Crippen LogP contribution in [0.2, 0.25) is 0 Å². The van der Waals surface area contributed by atoms with Crippen LogP contribution >= 0.6 is 0 Å². The molecule has 3 rings (SSSR count). The van der Waals surface area contributed by atoms with Crippen molar-refractivity contribution < 1.29 is 22.4 Å². The molecule has 0 spiro atoms. The van der Waals surface area contributed by atoms with E-state index in [0.717, 1.165) is 0 Å². The Balaban J connectivity index is 1.83. The zero-order valence-electron chi connectivity index (χ0n) is 15.3. The van der Waals surface area contributed by atoms with Gasteiger partial charge >= 0.3 is 0 Å². The number of hydrogen-bond acceptors (Lipinski definition) is 6. The number of nitrogens with zero attached hydrogens (tertiary/aromatic N) is 2. The van der Waals surface area contributed by atoms with Gasteiger partial charge in [0.25, 0.3) is 5.91 Å². The minimum Gasteiger partial charge on any atom is -0.495 e. The molecule has 1 aliphatic heterocycles. The third kappa shape index (κ3) is 4.32. The Bertz CT molecular complexity index is 888. The second-order valence-electron chi connectivity index (χ2n) is 6.34. The van der Waals surface area contributed by atoms with Crippen LogP contribution in [0.25, 0.3) is 0 Å². The number of carbonyl (C=O) groups excluding carboxylic acids is 1. The van der Waals surface area contributed by atoms with E-state index in [4.69, 9.17) is 9.15 Å². The van der Waals surface area contributed by atoms with Crippen LogP contribution < -0.4 is 10.1 Å². The summed E-state index contributed by atoms with van der Waals surface area (Å²) in [4.78, 5) is 14.5. The van der Waals surface area contributed by atoms with Crippen molar-refractivity contribution in [1.29, 1.82) is 0 Å². The fourth-order valence-corrected chi connectivity index (χ4v) is 4.47. The van der Waals surface area contributed by atoms with Crippen molar-refractivity contribution in [3.8, 4) is 5.75 Å². The Kier molecular flexibility index (Phi) is 5.83. The zero-order valence-corrected chi connectivity index (χ0v) is 16.2. The number of piperazine rings is 1. The number of ether oxygens (including phenoxy) is 1. The Morgan fingerprint density at radius 3 is 2.59 bits per heavy atom. The average molecular weight is 393 g/mol. The number of amides is 1. The van der Waals surface area contributed by atoms with Crippen LogP contribution in [-0.2, 0) is 16.6 Å². The van der Waals surface area contributed by atoms with Gasteiger partial charge in [-0.25, -0.2) is 8.42 Å². The third-order valence-corrected chi connectivity index (χ3v) is 6.43. The van der Waals surface area contributed by atoms with Crippen molar-refractivity contribution in [3.05, 3.63) is 47.9 Å². The van der Waals surface area contributed by atoms with Crippen molar-refractivity contribution >= 4 is 15.9 Å². The molecule has 0 bridgehead atoms. The number of carbonyl (C=O) groups is 1. The quantitative estimate of drug-likeness (QED) is 0.792. The summed E-state index contributed by atoms with van der Waals surface area (Å²) in [7, 11) is -0.395. The van der Waals surface area contributed by atoms with E-state index in [1.807, 2.05) is 7.05 Å². The average Bonchev–Trinajstić information content (AvgIpc) is 3.19. The van der Waals surface area contributed by atoms with E-state index in [2.05, 4.69) is 10.2 Å². The minimum atomic E-state index is -3.76. The normalized spacial score (nSPS) is 16.2. The molecule has 0 saturated carbocycles. The Morgan fingerprint density at radius 1 is 1.22 bits per heavy atom. The first-order chi connectivity index (χ1) is 12.9. The second-order valence-corrected chi connectivity index (χ2v) is 8.24. The molecular formula is C18H23N3O5S. The Labute approximate surface area is 158 Å². The molecule has 1 amide bonds. The maximum atomic E-state index is 13.1. The van der Waals surface area contributed by atoms with E-state index in [0.29, 0.717) is 31.9 Å². The summed E-state index contributed by atoms with van der Waals surface area (Å²) in [5.74, 6) is 0.447. The monoisotopic (exact) mass is 393 g/mol. The zero-order chi connectivity index (χ0) is 19.4. The molecule has 1 aromatic heterocycles. The lowest BCUT2D eigenvalue weighted by molar-refractivity contribution is 0.0947. The smallest absolute Gasteiger partial charge is 0.251 e. The van der Waals surface area contributed by atoms with Crippen LogP contribution in [-0.4, -0.2) is 63.9 Å². The predicted molar refractivity (Wildman–Crippen MR) is 99.1 cm³/mol. The second kappa shape index (κ2) is 8.12. The van der Waals surface area contributed by atoms with E-state index in [9.17, 15) is 13.2 Å². The van der Waals surface area contributed by atoms with E-state index >= 15 is 0 Å². The maximum Gasteiger partial charge on any atom is 0.251 e. The van der Waals surface area contributed by atoms with Gasteiger partial charge in [-0.2, -0.15) is 4.31 Å². The predicted octanol–water partition coefficient (Wildman–Crippen LogP) is 1.15. The summed E-state index contributed by atoms with van der Waals surface area (Å²) in [6.45, 7) is 2.34. The number of furan rings is 1. The summed E-state index contributed by atoms with van der Waals surface area (Å²) in [6.07, 6.45) is 1.52. The number of likely N-dealkylation sites (N-methyl/N-ethyl adjacent to an activating group) is 1. The fraction of sp³-hybridized carbons (Fsp3) is 0.389. The molecule has 0 radical (unpaired) electrons. The molecular weight excluding hydrogens is 370 g/mol. The standard InChI is InChI=1S/C18H23N3O5S/c1-20-7-9-21(10-8-20)27(23,24)17-12-14(5-6-16(17)25-2)18(22)19-13-15-4-3-11-26-15/h3-6,11-12H,7-10,13H2,1-2H3,(H,19,22). The van der Waals surface area contributed by atoms with Gasteiger partial charge in [-0.3, -0.25) is 4.79 Å². The molecule has 1 aromatic carbocycles. The first kappa shape index (κ1) is 19.4. The highest BCUT2D eigenvalue weighted by molar-refractivity contribution is 7.89. The van der Waals surface area contributed by atoms with Gasteiger partial charge in [0.15, 0.2) is 0 Å². The van der Waals surface area contributed by atoms with Gasteiger partial charge in [-0.15, -0.1) is 0 Å². The third-order valence-electron chi connectivity index (χ3n) is 4.51. The number of nitrogens with one attached hydrogen (secondary N) is 1. The molecule has 8 nitrogen and oxygen atoms in total. The van der Waals surface area contributed by atoms with Crippen LogP contribution in [0.3, 0.4) is 0 Å². The largest absolute Gasteiger partial charge is 0.495 e. The number of hydrogen-bond donors (Lipinski definition) is 1. The van der Waals surface area contributed by atoms with Gasteiger partial charge in [0.05, 0.1) is 19.9 Å². The highest BCUT2D eigenvalue weighted by Crippen LogP contribution is 2.28. The SMILES string of the molecule is COc1ccc(C(=O)NCc2ccco2)cc1S(=O)(=O)N1CCN(C)CC1. The topological polar surface area (TPSA) is 92.1 Å². The highest BCUT2D eigenvalue weighted by Gasteiger charge is 2.30. The summed E-state index contributed by atoms with van der Waals surface area (Å²) < 4.78 is 38.0. The number of sulfonamides is 1. The van der Waals surface area contributed by atoms with E-state index in [1.165, 1.54) is 29.8 Å². The van der Waals surface area contributed by atoms with E-state index in [-0.39, 0.29) is 28.7 Å². The highest BCUT2D eigenvalue weighted by atomic mass is 32.2. The number of rotatable bonds is 6. The summed E-state index contributed by atoms with van der Waals surface area (Å²) in [5.41, 5.74) is 0.245. The molecule has 1 fully saturated rings. The molecule has 2 heterocycles. The van der Waals surface area contributed by atoms with Crippen molar-refractivity contribution in [3.63, 3.8) is 0 Å². The molecule has 146 valence electrons. The van der Waals surface area contributed by atoms with Crippen molar-refractivity contribution in [2.75, 3.05) is 40.3 Å². The Hall–Kier alpha value is -2.36. The van der Waals surface area contributed by atoms with Gasteiger partial charge in [0.1, 0.15) is 16.4 Å². The number of methoxy groups -OCH3 is 1. The first-order valence-corrected chi connectivity index (χ1v) is 10.0. The van der Waals surface area contributed by atoms with E-state index < -0.39 is 10.0 Å². The molecule has 9 heteroatoms. The molecule has 1 saturated heterocycles. The lowest BCUT2D eigenvalue weighted by Crippen LogP contribution is -2.47. The first-order valence-electron chi connectivity index (χ1n) is 8.59. The van der Waals surface area contributed by atoms with Crippen LogP contribution in [0.5, 0.6) is 5.75 Å². The lowest BCUT2D eigenvalue weighted by Gasteiger charge is -2.31. The van der Waals surface area contributed by atoms with Crippen LogP contribution in [0, 0.1) is 0 Å². The fourth-order valence-electron chi connectivity index (χ4n) is 2.87. The van der Waals surface area contributed by atoms with E-state index in [1.54, 1.807) is 18.2 Å². The van der Waals surface area contributed by atoms with Crippen molar-refractivity contribution in [1.82, 2.24) is 14.5 Å². The lowest BCUT2D eigenvalue weighted by atomic mass is 10.2. The van der Waals surface area contributed by atoms with Gasteiger partial charge in [-0.1, -0.05) is 0 Å². The van der Waals surface area contributed by atoms with Gasteiger partial charge < -0.3 is 19.4 Å². The minimum absolute atomic E-state index is 0.000187. The maximum absolute atomic E-state index is 13.1. The molecule has 2 aromatic rings.